The van der Waals surface area contributed by atoms with Crippen molar-refractivity contribution in [3.05, 3.63) is 64.8 Å². The number of aromatic nitrogens is 3. The Labute approximate surface area is 201 Å². The summed E-state index contributed by atoms with van der Waals surface area (Å²) in [6.45, 7) is 6.79. The van der Waals surface area contributed by atoms with Gasteiger partial charge < -0.3 is 20.9 Å². The Kier molecular flexibility index (Phi) is 7.01. The number of amides is 1. The van der Waals surface area contributed by atoms with E-state index < -0.39 is 0 Å². The largest absolute Gasteiger partial charge is 0.383 e. The number of anilines is 1. The van der Waals surface area contributed by atoms with Gasteiger partial charge in [-0.25, -0.2) is 9.97 Å². The van der Waals surface area contributed by atoms with Crippen LogP contribution in [0.1, 0.15) is 73.5 Å². The van der Waals surface area contributed by atoms with Gasteiger partial charge in [-0.1, -0.05) is 45.0 Å². The maximum atomic E-state index is 11.4. The predicted octanol–water partition coefficient (Wildman–Crippen LogP) is 5.13. The van der Waals surface area contributed by atoms with Crippen LogP contribution in [0.5, 0.6) is 0 Å². The van der Waals surface area contributed by atoms with Crippen molar-refractivity contribution in [2.45, 2.75) is 58.9 Å². The fourth-order valence-corrected chi connectivity index (χ4v) is 4.60. The lowest BCUT2D eigenvalue weighted by atomic mass is 9.91. The highest BCUT2D eigenvalue weighted by molar-refractivity contribution is 6.09. The maximum absolute atomic E-state index is 11.4. The molecule has 0 unspecified atom stereocenters. The van der Waals surface area contributed by atoms with E-state index in [1.165, 1.54) is 47.3 Å². The summed E-state index contributed by atoms with van der Waals surface area (Å²) in [6.07, 6.45) is 13.8. The van der Waals surface area contributed by atoms with Gasteiger partial charge >= 0.3 is 0 Å². The van der Waals surface area contributed by atoms with Crippen LogP contribution in [-0.4, -0.2) is 38.8 Å². The van der Waals surface area contributed by atoms with Crippen LogP contribution in [0.2, 0.25) is 0 Å². The SMILES string of the molecule is CC/C=C1\c2c(cccc2CC)C=C(CC)N1C1CC1.CNC(=O)c1c[nH]c2ncnc(N)c12. The van der Waals surface area contributed by atoms with Gasteiger partial charge in [0, 0.05) is 36.2 Å². The molecule has 5 rings (SSSR count). The first-order valence-corrected chi connectivity index (χ1v) is 12.2. The topological polar surface area (TPSA) is 99.9 Å². The van der Waals surface area contributed by atoms with E-state index in [9.17, 15) is 4.79 Å². The Hall–Kier alpha value is -3.61. The van der Waals surface area contributed by atoms with Crippen LogP contribution in [0.25, 0.3) is 22.8 Å². The molecule has 7 heteroatoms. The molecule has 34 heavy (non-hydrogen) atoms. The number of hydrogen-bond donors (Lipinski definition) is 3. The number of carbonyl (C=O) groups excluding carboxylic acids is 1. The molecule has 3 aromatic rings. The van der Waals surface area contributed by atoms with Gasteiger partial charge in [0.2, 0.25) is 0 Å². The number of allylic oxidation sites excluding steroid dienone is 2. The first-order chi connectivity index (χ1) is 16.5. The van der Waals surface area contributed by atoms with Gasteiger partial charge in [0.05, 0.1) is 10.9 Å². The molecule has 2 aliphatic rings. The lowest BCUT2D eigenvalue weighted by Crippen LogP contribution is -2.27. The van der Waals surface area contributed by atoms with E-state index in [1.54, 1.807) is 13.2 Å². The normalized spacial score (nSPS) is 16.1. The van der Waals surface area contributed by atoms with Crippen LogP contribution in [0.4, 0.5) is 5.82 Å². The van der Waals surface area contributed by atoms with Gasteiger partial charge in [0.15, 0.2) is 0 Å². The Bertz CT molecular complexity index is 1250. The number of H-pyrrole nitrogens is 1. The molecule has 4 N–H and O–H groups in total. The third-order valence-corrected chi connectivity index (χ3v) is 6.35. The molecule has 178 valence electrons. The second-order valence-electron chi connectivity index (χ2n) is 8.59. The highest BCUT2D eigenvalue weighted by atomic mass is 16.1. The quantitative estimate of drug-likeness (QED) is 0.492. The molecular weight excluding hydrogens is 424 g/mol. The van der Waals surface area contributed by atoms with Crippen molar-refractivity contribution in [1.82, 2.24) is 25.2 Å². The monoisotopic (exact) mass is 458 g/mol. The number of nitrogens with one attached hydrogen (secondary N) is 2. The summed E-state index contributed by atoms with van der Waals surface area (Å²) >= 11 is 0. The molecule has 1 amide bonds. The number of nitrogen functional groups attached to an aromatic ring is 1. The summed E-state index contributed by atoms with van der Waals surface area (Å²) in [4.78, 5) is 24.7. The van der Waals surface area contributed by atoms with Crippen molar-refractivity contribution < 1.29 is 4.79 Å². The molecule has 0 saturated heterocycles. The molecule has 0 radical (unpaired) electrons. The summed E-state index contributed by atoms with van der Waals surface area (Å²) < 4.78 is 0. The average Bonchev–Trinajstić information content (AvgIpc) is 3.60. The van der Waals surface area contributed by atoms with Crippen molar-refractivity contribution in [2.24, 2.45) is 0 Å². The molecule has 0 bridgehead atoms. The van der Waals surface area contributed by atoms with Crippen LogP contribution in [0, 0.1) is 0 Å². The van der Waals surface area contributed by atoms with E-state index in [0.717, 1.165) is 25.3 Å². The standard InChI is InChI=1S/C19H25N.C8H9N5O/c1-4-8-18-19-14(5-2)9-7-10-15(19)13-16(6-3)20(18)17-11-12-17;1-10-8(14)4-2-11-7-5(4)6(9)12-3-13-7/h7-10,13,17H,4-6,11-12H2,1-3H3;2-3H,1H3,(H,10,14)(H3,9,11,12,13)/b18-8+;. The summed E-state index contributed by atoms with van der Waals surface area (Å²) in [5.41, 5.74) is 14.0. The lowest BCUT2D eigenvalue weighted by molar-refractivity contribution is 0.0964. The number of rotatable bonds is 5. The van der Waals surface area contributed by atoms with Gasteiger partial charge in [-0.3, -0.25) is 4.79 Å². The second kappa shape index (κ2) is 10.1. The van der Waals surface area contributed by atoms with Crippen molar-refractivity contribution in [3.8, 4) is 0 Å². The van der Waals surface area contributed by atoms with E-state index in [1.807, 2.05) is 0 Å². The molecule has 1 fully saturated rings. The van der Waals surface area contributed by atoms with Crippen LogP contribution < -0.4 is 11.1 Å². The Morgan fingerprint density at radius 2 is 2.03 bits per heavy atom. The molecule has 0 spiro atoms. The zero-order valence-corrected chi connectivity index (χ0v) is 20.5. The summed E-state index contributed by atoms with van der Waals surface area (Å²) in [6, 6.07) is 7.52. The minimum atomic E-state index is -0.210. The van der Waals surface area contributed by atoms with Gasteiger partial charge in [-0.15, -0.1) is 0 Å². The van der Waals surface area contributed by atoms with Crippen molar-refractivity contribution >= 4 is 34.5 Å². The highest BCUT2D eigenvalue weighted by Gasteiger charge is 2.35. The molecule has 1 aliphatic heterocycles. The zero-order chi connectivity index (χ0) is 24.2. The summed E-state index contributed by atoms with van der Waals surface area (Å²) in [5.74, 6) is 0.0904. The van der Waals surface area contributed by atoms with E-state index in [-0.39, 0.29) is 5.91 Å². The number of hydrogen-bond acceptors (Lipinski definition) is 5. The van der Waals surface area contributed by atoms with Crippen LogP contribution >= 0.6 is 0 Å². The number of aryl methyl sites for hydroxylation is 1. The smallest absolute Gasteiger partial charge is 0.253 e. The van der Waals surface area contributed by atoms with Crippen LogP contribution in [0.15, 0.2) is 42.5 Å². The van der Waals surface area contributed by atoms with E-state index in [2.05, 4.69) is 76.3 Å². The van der Waals surface area contributed by atoms with Crippen LogP contribution in [0.3, 0.4) is 0 Å². The van der Waals surface area contributed by atoms with Gasteiger partial charge in [0.25, 0.3) is 5.91 Å². The average molecular weight is 459 g/mol. The van der Waals surface area contributed by atoms with E-state index >= 15 is 0 Å². The number of benzene rings is 1. The number of carbonyl (C=O) groups is 1. The first kappa shape index (κ1) is 23.5. The molecule has 2 aromatic heterocycles. The number of aromatic amines is 1. The molecule has 1 aliphatic carbocycles. The summed E-state index contributed by atoms with van der Waals surface area (Å²) in [5, 5.41) is 3.08. The van der Waals surface area contributed by atoms with Crippen molar-refractivity contribution in [2.75, 3.05) is 12.8 Å². The van der Waals surface area contributed by atoms with Crippen molar-refractivity contribution in [3.63, 3.8) is 0 Å². The van der Waals surface area contributed by atoms with Crippen molar-refractivity contribution in [1.29, 1.82) is 0 Å². The van der Waals surface area contributed by atoms with Gasteiger partial charge in [-0.2, -0.15) is 0 Å². The molecule has 1 aromatic carbocycles. The second-order valence-corrected chi connectivity index (χ2v) is 8.59. The third kappa shape index (κ3) is 4.42. The van der Waals surface area contributed by atoms with E-state index in [4.69, 9.17) is 5.73 Å². The third-order valence-electron chi connectivity index (χ3n) is 6.35. The molecular formula is C27H34N6O. The van der Waals surface area contributed by atoms with Gasteiger partial charge in [0.1, 0.15) is 17.8 Å². The predicted molar refractivity (Wildman–Crippen MR) is 139 cm³/mol. The maximum Gasteiger partial charge on any atom is 0.253 e. The van der Waals surface area contributed by atoms with Gasteiger partial charge in [-0.05, 0) is 49.3 Å². The fourth-order valence-electron chi connectivity index (χ4n) is 4.60. The van der Waals surface area contributed by atoms with Crippen LogP contribution in [-0.2, 0) is 6.42 Å². The zero-order valence-electron chi connectivity index (χ0n) is 20.5. The minimum Gasteiger partial charge on any atom is -0.383 e. The molecule has 3 heterocycles. The Balaban J connectivity index is 0.000000172. The van der Waals surface area contributed by atoms with E-state index in [0.29, 0.717) is 22.4 Å². The lowest BCUT2D eigenvalue weighted by Gasteiger charge is -2.35. The summed E-state index contributed by atoms with van der Waals surface area (Å²) in [7, 11) is 1.56. The molecule has 1 saturated carbocycles. The molecule has 7 nitrogen and oxygen atoms in total. The fraction of sp³-hybridized carbons (Fsp3) is 0.370. The Morgan fingerprint density at radius 3 is 2.68 bits per heavy atom. The minimum absolute atomic E-state index is 0.210. The molecule has 0 atom stereocenters. The number of fused-ring (bicyclic) bond motifs is 2. The number of nitrogens with zero attached hydrogens (tertiary/aromatic N) is 3. The highest BCUT2D eigenvalue weighted by Crippen LogP contribution is 2.44. The number of nitrogens with two attached hydrogens (primary N) is 1. The first-order valence-electron chi connectivity index (χ1n) is 12.2. The Morgan fingerprint density at radius 1 is 1.24 bits per heavy atom.